The highest BCUT2D eigenvalue weighted by Gasteiger charge is 2.41. The van der Waals surface area contributed by atoms with Gasteiger partial charge in [0.1, 0.15) is 5.60 Å². The van der Waals surface area contributed by atoms with E-state index >= 15 is 0 Å². The third-order valence-corrected chi connectivity index (χ3v) is 7.13. The second-order valence-electron chi connectivity index (χ2n) is 12.0. The number of carboxylic acid groups (broad SMARTS) is 2. The lowest BCUT2D eigenvalue weighted by molar-refractivity contribution is -0.166. The fraction of sp³-hybridized carbons (Fsp3) is 0.278. The number of pyridine rings is 1. The molecular weight excluding hydrogens is 634 g/mol. The van der Waals surface area contributed by atoms with Crippen LogP contribution in [0.2, 0.25) is 0 Å². The number of likely N-dealkylation sites (tertiary alicyclic amines) is 1. The van der Waals surface area contributed by atoms with Crippen LogP contribution in [0.25, 0.3) is 10.8 Å². The molecule has 13 heteroatoms. The van der Waals surface area contributed by atoms with Crippen molar-refractivity contribution in [3.8, 4) is 0 Å². The molecule has 0 bridgehead atoms. The van der Waals surface area contributed by atoms with Crippen molar-refractivity contribution in [2.24, 2.45) is 0 Å². The molecule has 0 aliphatic carbocycles. The third-order valence-electron chi connectivity index (χ3n) is 7.13. The number of hydrogen-bond acceptors (Lipinski definition) is 10. The predicted octanol–water partition coefficient (Wildman–Crippen LogP) is 5.26. The van der Waals surface area contributed by atoms with Gasteiger partial charge in [0.25, 0.3) is 0 Å². The first kappa shape index (κ1) is 35.9. The lowest BCUT2D eigenvalue weighted by atomic mass is 10.1. The number of nitrogens with zero attached hydrogens (tertiary/aromatic N) is 2. The minimum Gasteiger partial charge on any atom is -0.478 e. The number of esters is 2. The molecule has 4 aromatic rings. The van der Waals surface area contributed by atoms with Crippen LogP contribution in [0, 0.1) is 0 Å². The van der Waals surface area contributed by atoms with E-state index in [-0.39, 0.29) is 23.3 Å². The number of carbonyl (C=O) groups is 5. The molecule has 3 N–H and O–H groups in total. The van der Waals surface area contributed by atoms with Crippen LogP contribution >= 0.6 is 0 Å². The zero-order chi connectivity index (χ0) is 35.6. The fourth-order valence-corrected chi connectivity index (χ4v) is 4.84. The average molecular weight is 672 g/mol. The number of amides is 1. The van der Waals surface area contributed by atoms with Gasteiger partial charge in [-0.05, 0) is 63.6 Å². The largest absolute Gasteiger partial charge is 0.478 e. The van der Waals surface area contributed by atoms with Crippen LogP contribution in [0.1, 0.15) is 47.9 Å². The van der Waals surface area contributed by atoms with Crippen LogP contribution < -0.4 is 5.32 Å². The number of aromatic nitrogens is 1. The van der Waals surface area contributed by atoms with Crippen molar-refractivity contribution >= 4 is 46.4 Å². The van der Waals surface area contributed by atoms with Crippen LogP contribution in [0.15, 0.2) is 97.3 Å². The van der Waals surface area contributed by atoms with Crippen LogP contribution in [0.5, 0.6) is 0 Å². The number of nitrogens with one attached hydrogen (secondary N) is 1. The molecule has 1 aliphatic rings. The van der Waals surface area contributed by atoms with E-state index in [0.717, 1.165) is 29.4 Å². The smallest absolute Gasteiger partial charge is 0.410 e. The monoisotopic (exact) mass is 671 g/mol. The molecular formula is C36H37N3O10. The number of anilines is 1. The van der Waals surface area contributed by atoms with E-state index in [2.05, 4.69) is 22.4 Å². The molecule has 3 aromatic carbocycles. The Balaban J connectivity index is 0.000000222. The summed E-state index contributed by atoms with van der Waals surface area (Å²) < 4.78 is 15.0. The minimum absolute atomic E-state index is 0.0253. The van der Waals surface area contributed by atoms with E-state index in [0.29, 0.717) is 6.54 Å². The summed E-state index contributed by atoms with van der Waals surface area (Å²) in [7, 11) is 0. The predicted molar refractivity (Wildman–Crippen MR) is 178 cm³/mol. The Labute approximate surface area is 282 Å². The second kappa shape index (κ2) is 16.2. The van der Waals surface area contributed by atoms with Crippen LogP contribution in [0.4, 0.5) is 10.5 Å². The van der Waals surface area contributed by atoms with Crippen molar-refractivity contribution in [3.63, 3.8) is 0 Å². The molecule has 256 valence electrons. The zero-order valence-electron chi connectivity index (χ0n) is 27.1. The van der Waals surface area contributed by atoms with Crippen molar-refractivity contribution in [1.29, 1.82) is 0 Å². The molecule has 5 rings (SSSR count). The topological polar surface area (TPSA) is 182 Å². The maximum atomic E-state index is 12.1. The van der Waals surface area contributed by atoms with Crippen LogP contribution in [0.3, 0.4) is 0 Å². The summed E-state index contributed by atoms with van der Waals surface area (Å²) in [6.07, 6.45) is -0.0810. The van der Waals surface area contributed by atoms with Gasteiger partial charge in [0.2, 0.25) is 12.2 Å². The summed E-state index contributed by atoms with van der Waals surface area (Å²) in [5, 5.41) is 24.3. The van der Waals surface area contributed by atoms with Gasteiger partial charge in [0.15, 0.2) is 0 Å². The number of fused-ring (bicyclic) bond motifs is 1. The summed E-state index contributed by atoms with van der Waals surface area (Å²) in [6.45, 7) is 7.05. The lowest BCUT2D eigenvalue weighted by Crippen LogP contribution is -2.45. The molecule has 1 amide bonds. The number of ether oxygens (including phenoxy) is 3. The third kappa shape index (κ3) is 10.3. The molecule has 2 heterocycles. The zero-order valence-corrected chi connectivity index (χ0v) is 27.1. The van der Waals surface area contributed by atoms with Crippen molar-refractivity contribution in [2.45, 2.75) is 51.0 Å². The first-order chi connectivity index (χ1) is 23.3. The van der Waals surface area contributed by atoms with Crippen molar-refractivity contribution in [3.05, 3.63) is 108 Å². The molecule has 49 heavy (non-hydrogen) atoms. The van der Waals surface area contributed by atoms with Crippen LogP contribution in [-0.2, 0) is 23.8 Å². The van der Waals surface area contributed by atoms with Crippen molar-refractivity contribution in [1.82, 2.24) is 9.88 Å². The van der Waals surface area contributed by atoms with Gasteiger partial charge in [0, 0.05) is 48.0 Å². The van der Waals surface area contributed by atoms with Gasteiger partial charge in [-0.3, -0.25) is 4.98 Å². The Kier molecular flexibility index (Phi) is 11.9. The molecule has 3 atom stereocenters. The minimum atomic E-state index is -2.21. The van der Waals surface area contributed by atoms with Gasteiger partial charge >= 0.3 is 30.0 Å². The molecule has 1 saturated heterocycles. The molecule has 0 unspecified atom stereocenters. The van der Waals surface area contributed by atoms with E-state index in [1.807, 2.05) is 39.1 Å². The highest BCUT2D eigenvalue weighted by Crippen LogP contribution is 2.25. The fourth-order valence-electron chi connectivity index (χ4n) is 4.84. The van der Waals surface area contributed by atoms with E-state index in [1.165, 1.54) is 48.5 Å². The normalized spacial score (nSPS) is 15.2. The SMILES string of the molecule is CC(C)(C)OC(=O)N1CC[C@@H](Nc2cccc3cnccc23)C1.O=C(O[C@H](C(=O)O)[C@H](OC(=O)c1ccccc1)C(=O)O)c1ccccc1. The van der Waals surface area contributed by atoms with E-state index < -0.39 is 41.7 Å². The maximum absolute atomic E-state index is 12.1. The summed E-state index contributed by atoms with van der Waals surface area (Å²) in [5.41, 5.74) is 0.682. The number of rotatable bonds is 9. The Morgan fingerprint density at radius 2 is 1.35 bits per heavy atom. The molecule has 1 fully saturated rings. The van der Waals surface area contributed by atoms with E-state index in [9.17, 15) is 34.2 Å². The number of aliphatic carboxylic acids is 2. The van der Waals surface area contributed by atoms with Crippen LogP contribution in [-0.4, -0.2) is 87.0 Å². The quantitative estimate of drug-likeness (QED) is 0.155. The molecule has 0 spiro atoms. The van der Waals surface area contributed by atoms with E-state index in [4.69, 9.17) is 14.2 Å². The Hall–Kier alpha value is -5.98. The summed E-state index contributed by atoms with van der Waals surface area (Å²) in [5.74, 6) is -5.63. The van der Waals surface area contributed by atoms with Gasteiger partial charge in [0.05, 0.1) is 11.1 Å². The van der Waals surface area contributed by atoms with Gasteiger partial charge in [-0.25, -0.2) is 24.0 Å². The Morgan fingerprint density at radius 3 is 1.86 bits per heavy atom. The number of benzene rings is 3. The highest BCUT2D eigenvalue weighted by molar-refractivity contribution is 5.95. The lowest BCUT2D eigenvalue weighted by Gasteiger charge is -2.24. The van der Waals surface area contributed by atoms with Gasteiger partial charge in [-0.15, -0.1) is 0 Å². The number of carboxylic acids is 2. The highest BCUT2D eigenvalue weighted by atomic mass is 16.6. The first-order valence-electron chi connectivity index (χ1n) is 15.4. The standard InChI is InChI=1S/C18H23N3O2.C18H14O8/c1-18(2,3)23-17(22)21-10-8-14(12-21)20-16-6-4-5-13-11-19-9-7-15(13)16;19-15(20)13(25-17(23)11-7-3-1-4-8-11)14(16(21)22)26-18(24)12-9-5-2-6-10-12/h4-7,9,11,14,20H,8,10,12H2,1-3H3;1-10,13-14H,(H,19,20)(H,21,22)/t14-;13-,14-/m10/s1. The molecule has 0 radical (unpaired) electrons. The summed E-state index contributed by atoms with van der Waals surface area (Å²) >= 11 is 0. The molecule has 1 aliphatic heterocycles. The number of hydrogen-bond donors (Lipinski definition) is 3. The van der Waals surface area contributed by atoms with Gasteiger partial charge in [-0.1, -0.05) is 48.5 Å². The Bertz CT molecular complexity index is 1700. The van der Waals surface area contributed by atoms with E-state index in [1.54, 1.807) is 23.2 Å². The summed E-state index contributed by atoms with van der Waals surface area (Å²) in [4.78, 5) is 64.9. The molecule has 1 aromatic heterocycles. The van der Waals surface area contributed by atoms with Crippen molar-refractivity contribution in [2.75, 3.05) is 18.4 Å². The number of carbonyl (C=O) groups excluding carboxylic acids is 3. The first-order valence-corrected chi connectivity index (χ1v) is 15.4. The van der Waals surface area contributed by atoms with Gasteiger partial charge < -0.3 is 34.6 Å². The molecule has 13 nitrogen and oxygen atoms in total. The summed E-state index contributed by atoms with van der Waals surface area (Å²) in [6, 6.07) is 23.2. The maximum Gasteiger partial charge on any atom is 0.410 e. The second-order valence-corrected chi connectivity index (χ2v) is 12.0. The average Bonchev–Trinajstić information content (AvgIpc) is 3.55. The van der Waals surface area contributed by atoms with Gasteiger partial charge in [-0.2, -0.15) is 0 Å². The molecule has 0 saturated carbocycles. The Morgan fingerprint density at radius 1 is 0.796 bits per heavy atom. The van der Waals surface area contributed by atoms with Crippen molar-refractivity contribution < 1.29 is 48.4 Å².